The van der Waals surface area contributed by atoms with Gasteiger partial charge in [-0.1, -0.05) is 74.4 Å². The summed E-state index contributed by atoms with van der Waals surface area (Å²) >= 11 is 0. The number of nitrogens with zero attached hydrogens (tertiary/aromatic N) is 4. The van der Waals surface area contributed by atoms with Crippen molar-refractivity contribution in [1.29, 1.82) is 0 Å². The SMILES string of the molecule is CCCCCN(C(=O)N1CCN(C(=O)N(c2ccccc2)c2ccccc2)CC1C(=O)O)c1ccccc1. The zero-order valence-electron chi connectivity index (χ0n) is 21.6. The summed E-state index contributed by atoms with van der Waals surface area (Å²) in [6, 6.07) is 26.0. The van der Waals surface area contributed by atoms with Gasteiger partial charge in [0.15, 0.2) is 0 Å². The van der Waals surface area contributed by atoms with Crippen LogP contribution in [-0.2, 0) is 4.79 Å². The Hall–Kier alpha value is -4.33. The number of hydrogen-bond donors (Lipinski definition) is 1. The normalized spacial score (nSPS) is 15.1. The summed E-state index contributed by atoms with van der Waals surface area (Å²) in [6.07, 6.45) is 2.79. The molecular formula is C30H34N4O4. The highest BCUT2D eigenvalue weighted by Crippen LogP contribution is 2.28. The molecule has 4 amide bonds. The van der Waals surface area contributed by atoms with Gasteiger partial charge in [-0.15, -0.1) is 0 Å². The number of carboxylic acid groups (broad SMARTS) is 1. The topological polar surface area (TPSA) is 84.4 Å². The van der Waals surface area contributed by atoms with Crippen molar-refractivity contribution in [2.24, 2.45) is 0 Å². The molecule has 3 aromatic carbocycles. The molecule has 1 fully saturated rings. The van der Waals surface area contributed by atoms with Crippen molar-refractivity contribution in [3.63, 3.8) is 0 Å². The first-order valence-electron chi connectivity index (χ1n) is 13.1. The fourth-order valence-electron chi connectivity index (χ4n) is 4.68. The Balaban J connectivity index is 1.57. The molecule has 1 aliphatic heterocycles. The number of amides is 4. The quantitative estimate of drug-likeness (QED) is 0.383. The van der Waals surface area contributed by atoms with Gasteiger partial charge in [0.05, 0.1) is 17.9 Å². The van der Waals surface area contributed by atoms with E-state index in [0.717, 1.165) is 24.9 Å². The summed E-state index contributed by atoms with van der Waals surface area (Å²) in [7, 11) is 0. The predicted octanol–water partition coefficient (Wildman–Crippen LogP) is 5.83. The van der Waals surface area contributed by atoms with Gasteiger partial charge in [0.2, 0.25) is 0 Å². The Morgan fingerprint density at radius 1 is 0.763 bits per heavy atom. The second kappa shape index (κ2) is 12.8. The number of carbonyl (C=O) groups is 3. The fourth-order valence-corrected chi connectivity index (χ4v) is 4.68. The van der Waals surface area contributed by atoms with Gasteiger partial charge in [0.1, 0.15) is 6.04 Å². The summed E-state index contributed by atoms with van der Waals surface area (Å²) in [4.78, 5) is 46.1. The molecule has 4 rings (SSSR count). The minimum atomic E-state index is -1.16. The van der Waals surface area contributed by atoms with Crippen LogP contribution in [0.4, 0.5) is 26.7 Å². The highest BCUT2D eigenvalue weighted by Gasteiger charge is 2.40. The number of benzene rings is 3. The first-order chi connectivity index (χ1) is 18.5. The molecule has 0 spiro atoms. The number of rotatable bonds is 8. The number of piperazine rings is 1. The maximum absolute atomic E-state index is 13.8. The van der Waals surface area contributed by atoms with Gasteiger partial charge >= 0.3 is 18.0 Å². The zero-order valence-corrected chi connectivity index (χ0v) is 21.6. The first-order valence-corrected chi connectivity index (χ1v) is 13.1. The molecule has 0 bridgehead atoms. The number of hydrogen-bond acceptors (Lipinski definition) is 3. The van der Waals surface area contributed by atoms with Crippen molar-refractivity contribution in [2.75, 3.05) is 36.0 Å². The van der Waals surface area contributed by atoms with E-state index < -0.39 is 12.0 Å². The van der Waals surface area contributed by atoms with Crippen LogP contribution in [-0.4, -0.2) is 65.2 Å². The highest BCUT2D eigenvalue weighted by atomic mass is 16.4. The molecular weight excluding hydrogens is 480 g/mol. The number of aliphatic carboxylic acids is 1. The van der Waals surface area contributed by atoms with E-state index in [4.69, 9.17) is 0 Å². The lowest BCUT2D eigenvalue weighted by molar-refractivity contribution is -0.143. The van der Waals surface area contributed by atoms with E-state index in [-0.39, 0.29) is 31.7 Å². The molecule has 1 aliphatic rings. The molecule has 3 aromatic rings. The molecule has 8 heteroatoms. The largest absolute Gasteiger partial charge is 0.480 e. The minimum absolute atomic E-state index is 0.104. The molecule has 0 aromatic heterocycles. The van der Waals surface area contributed by atoms with Crippen LogP contribution in [0.25, 0.3) is 0 Å². The lowest BCUT2D eigenvalue weighted by Gasteiger charge is -2.42. The second-order valence-electron chi connectivity index (χ2n) is 9.26. The number of carboxylic acids is 1. The van der Waals surface area contributed by atoms with Crippen LogP contribution < -0.4 is 9.80 Å². The minimum Gasteiger partial charge on any atom is -0.480 e. The molecule has 1 heterocycles. The maximum Gasteiger partial charge on any atom is 0.329 e. The second-order valence-corrected chi connectivity index (χ2v) is 9.26. The van der Waals surface area contributed by atoms with E-state index in [1.165, 1.54) is 9.80 Å². The van der Waals surface area contributed by atoms with E-state index in [1.54, 1.807) is 9.80 Å². The number of para-hydroxylation sites is 3. The van der Waals surface area contributed by atoms with E-state index in [0.29, 0.717) is 17.9 Å². The molecule has 38 heavy (non-hydrogen) atoms. The lowest BCUT2D eigenvalue weighted by atomic mass is 10.1. The van der Waals surface area contributed by atoms with Gasteiger partial charge in [0.25, 0.3) is 0 Å². The number of anilines is 3. The third-order valence-corrected chi connectivity index (χ3v) is 6.69. The van der Waals surface area contributed by atoms with Crippen LogP contribution in [0.1, 0.15) is 26.2 Å². The van der Waals surface area contributed by atoms with Crippen LogP contribution in [0, 0.1) is 0 Å². The number of urea groups is 2. The standard InChI is InChI=1S/C30H34N4O4/c1-2-3-13-20-32(24-14-7-4-8-15-24)30(38)33-22-21-31(23-27(33)28(35)36)29(37)34(25-16-9-5-10-17-25)26-18-11-6-12-19-26/h4-12,14-19,27H,2-3,13,20-23H2,1H3,(H,35,36). The Morgan fingerprint density at radius 3 is 1.79 bits per heavy atom. The summed E-state index contributed by atoms with van der Waals surface area (Å²) in [6.45, 7) is 2.84. The van der Waals surface area contributed by atoms with Gasteiger partial charge in [-0.25, -0.2) is 14.4 Å². The summed E-state index contributed by atoms with van der Waals surface area (Å²) in [5.41, 5.74) is 2.09. The van der Waals surface area contributed by atoms with Crippen molar-refractivity contribution in [1.82, 2.24) is 9.80 Å². The molecule has 1 N–H and O–H groups in total. The molecule has 1 saturated heterocycles. The summed E-state index contributed by atoms with van der Waals surface area (Å²) < 4.78 is 0. The van der Waals surface area contributed by atoms with Gasteiger partial charge < -0.3 is 14.9 Å². The first kappa shape index (κ1) is 26.7. The Morgan fingerprint density at radius 2 is 1.29 bits per heavy atom. The van der Waals surface area contributed by atoms with E-state index in [9.17, 15) is 19.5 Å². The van der Waals surface area contributed by atoms with Crippen molar-refractivity contribution in [3.05, 3.63) is 91.0 Å². The summed E-state index contributed by atoms with van der Waals surface area (Å²) in [5.74, 6) is -1.14. The van der Waals surface area contributed by atoms with Gasteiger partial charge in [-0.3, -0.25) is 9.80 Å². The van der Waals surface area contributed by atoms with E-state index in [2.05, 4.69) is 6.92 Å². The van der Waals surface area contributed by atoms with Gasteiger partial charge in [-0.05, 0) is 42.8 Å². The monoisotopic (exact) mass is 514 g/mol. The van der Waals surface area contributed by atoms with Crippen molar-refractivity contribution < 1.29 is 19.5 Å². The predicted molar refractivity (Wildman–Crippen MR) is 149 cm³/mol. The van der Waals surface area contributed by atoms with Gasteiger partial charge in [-0.2, -0.15) is 0 Å². The highest BCUT2D eigenvalue weighted by molar-refractivity contribution is 6.00. The van der Waals surface area contributed by atoms with Crippen LogP contribution in [0.3, 0.4) is 0 Å². The Kier molecular flexibility index (Phi) is 8.98. The third kappa shape index (κ3) is 6.14. The molecule has 8 nitrogen and oxygen atoms in total. The van der Waals surface area contributed by atoms with Crippen molar-refractivity contribution >= 4 is 35.1 Å². The van der Waals surface area contributed by atoms with Gasteiger partial charge in [0, 0.05) is 25.3 Å². The molecule has 0 aliphatic carbocycles. The van der Waals surface area contributed by atoms with E-state index >= 15 is 0 Å². The number of unbranched alkanes of at least 4 members (excludes halogenated alkanes) is 2. The average Bonchev–Trinajstić information content (AvgIpc) is 2.96. The molecule has 198 valence electrons. The van der Waals surface area contributed by atoms with E-state index in [1.807, 2.05) is 91.0 Å². The Bertz CT molecular complexity index is 1170. The fraction of sp³-hybridized carbons (Fsp3) is 0.300. The Labute approximate surface area is 223 Å². The van der Waals surface area contributed by atoms with Crippen LogP contribution in [0.5, 0.6) is 0 Å². The molecule has 0 saturated carbocycles. The van der Waals surface area contributed by atoms with Crippen molar-refractivity contribution in [2.45, 2.75) is 32.2 Å². The van der Waals surface area contributed by atoms with Crippen LogP contribution >= 0.6 is 0 Å². The molecule has 0 radical (unpaired) electrons. The molecule has 1 unspecified atom stereocenters. The smallest absolute Gasteiger partial charge is 0.329 e. The van der Waals surface area contributed by atoms with Crippen LogP contribution in [0.2, 0.25) is 0 Å². The zero-order chi connectivity index (χ0) is 26.9. The lowest BCUT2D eigenvalue weighted by Crippen LogP contribution is -2.63. The molecule has 1 atom stereocenters. The third-order valence-electron chi connectivity index (χ3n) is 6.69. The van der Waals surface area contributed by atoms with Crippen molar-refractivity contribution in [3.8, 4) is 0 Å². The summed E-state index contributed by atoms with van der Waals surface area (Å²) in [5, 5.41) is 10.1. The van der Waals surface area contributed by atoms with Crippen LogP contribution in [0.15, 0.2) is 91.0 Å². The number of carbonyl (C=O) groups excluding carboxylic acids is 2. The maximum atomic E-state index is 13.8. The average molecular weight is 515 g/mol.